The van der Waals surface area contributed by atoms with Gasteiger partial charge >= 0.3 is 0 Å². The van der Waals surface area contributed by atoms with E-state index in [1.165, 1.54) is 11.3 Å². The fourth-order valence-electron chi connectivity index (χ4n) is 2.06. The number of rotatable bonds is 4. The number of amides is 1. The monoisotopic (exact) mass is 369 g/mol. The molecule has 25 heavy (non-hydrogen) atoms. The van der Waals surface area contributed by atoms with Crippen LogP contribution in [0.25, 0.3) is 0 Å². The Hall–Kier alpha value is -2.84. The van der Waals surface area contributed by atoms with Crippen LogP contribution in [-0.2, 0) is 0 Å². The van der Waals surface area contributed by atoms with Crippen molar-refractivity contribution in [3.8, 4) is 0 Å². The van der Waals surface area contributed by atoms with E-state index < -0.39 is 0 Å². The molecule has 0 aliphatic carbocycles. The second kappa shape index (κ2) is 7.82. The van der Waals surface area contributed by atoms with Gasteiger partial charge in [0.05, 0.1) is 0 Å². The molecule has 2 aromatic carbocycles. The van der Waals surface area contributed by atoms with Crippen LogP contribution in [0.3, 0.4) is 0 Å². The van der Waals surface area contributed by atoms with Gasteiger partial charge in [0, 0.05) is 11.3 Å². The van der Waals surface area contributed by atoms with Crippen LogP contribution in [0.5, 0.6) is 0 Å². The number of aryl methyl sites for hydroxylation is 1. The van der Waals surface area contributed by atoms with Crippen molar-refractivity contribution < 1.29 is 4.79 Å². The maximum Gasteiger partial charge on any atom is 0.257 e. The summed E-state index contributed by atoms with van der Waals surface area (Å²) in [7, 11) is 0. The van der Waals surface area contributed by atoms with Gasteiger partial charge in [0.1, 0.15) is 0 Å². The lowest BCUT2D eigenvalue weighted by atomic mass is 10.1. The van der Waals surface area contributed by atoms with Gasteiger partial charge in [0.2, 0.25) is 10.3 Å². The number of carbonyl (C=O) groups excluding carboxylic acids is 1. The number of hydrogen-bond acceptors (Lipinski definition) is 5. The molecule has 1 heterocycles. The van der Waals surface area contributed by atoms with Gasteiger partial charge in [0.15, 0.2) is 5.11 Å². The fraction of sp³-hybridized carbons (Fsp3) is 0.0588. The molecular weight excluding hydrogens is 354 g/mol. The largest absolute Gasteiger partial charge is 0.332 e. The molecule has 0 aliphatic rings. The Morgan fingerprint density at radius 1 is 0.960 bits per heavy atom. The number of thiocarbonyl (C=S) groups is 1. The van der Waals surface area contributed by atoms with Crippen LogP contribution < -0.4 is 16.0 Å². The highest BCUT2D eigenvalue weighted by atomic mass is 32.1. The molecule has 0 saturated carbocycles. The first kappa shape index (κ1) is 17.0. The molecule has 0 fully saturated rings. The summed E-state index contributed by atoms with van der Waals surface area (Å²) in [6.45, 7) is 1.93. The van der Waals surface area contributed by atoms with Gasteiger partial charge in [-0.2, -0.15) is 0 Å². The Labute approximate surface area is 154 Å². The summed E-state index contributed by atoms with van der Waals surface area (Å²) >= 11 is 6.44. The average Bonchev–Trinajstić information content (AvgIpc) is 3.02. The minimum Gasteiger partial charge on any atom is -0.332 e. The maximum atomic E-state index is 12.2. The Balaban J connectivity index is 1.58. The van der Waals surface area contributed by atoms with E-state index in [2.05, 4.69) is 26.1 Å². The summed E-state index contributed by atoms with van der Waals surface area (Å²) in [5.41, 5.74) is 2.47. The summed E-state index contributed by atoms with van der Waals surface area (Å²) in [6.07, 6.45) is 0. The topological polar surface area (TPSA) is 78.9 Å². The van der Waals surface area contributed by atoms with E-state index in [1.807, 2.05) is 55.5 Å². The molecule has 1 amide bonds. The standard InChI is InChI=1S/C17H15N5OS2/c1-11-6-5-7-12(10-11)14(23)19-16-21-22-17(25-16)20-15(24)18-13-8-3-2-4-9-13/h2-10H,1H3,(H,19,21,23)(H2,18,20,22,24). The van der Waals surface area contributed by atoms with Crippen molar-refractivity contribution in [3.63, 3.8) is 0 Å². The third kappa shape index (κ3) is 4.82. The van der Waals surface area contributed by atoms with Crippen molar-refractivity contribution in [3.05, 3.63) is 65.7 Å². The minimum atomic E-state index is -0.226. The number of aromatic nitrogens is 2. The van der Waals surface area contributed by atoms with Gasteiger partial charge in [-0.15, -0.1) is 10.2 Å². The second-order valence-corrected chi connectivity index (χ2v) is 6.57. The SMILES string of the molecule is Cc1cccc(C(=O)Nc2nnc(NC(=S)Nc3ccccc3)s2)c1. The van der Waals surface area contributed by atoms with Crippen LogP contribution in [0.2, 0.25) is 0 Å². The Morgan fingerprint density at radius 2 is 1.68 bits per heavy atom. The van der Waals surface area contributed by atoms with Crippen molar-refractivity contribution in [2.24, 2.45) is 0 Å². The lowest BCUT2D eigenvalue weighted by Crippen LogP contribution is -2.18. The molecule has 0 saturated heterocycles. The normalized spacial score (nSPS) is 10.1. The second-order valence-electron chi connectivity index (χ2n) is 5.18. The number of para-hydroxylation sites is 1. The summed E-state index contributed by atoms with van der Waals surface area (Å²) in [4.78, 5) is 12.2. The smallest absolute Gasteiger partial charge is 0.257 e. The molecule has 3 aromatic rings. The van der Waals surface area contributed by atoms with E-state index in [-0.39, 0.29) is 5.91 Å². The summed E-state index contributed by atoms with van der Waals surface area (Å²) < 4.78 is 0. The van der Waals surface area contributed by atoms with E-state index in [0.29, 0.717) is 20.9 Å². The molecule has 0 aliphatic heterocycles. The van der Waals surface area contributed by atoms with Crippen molar-refractivity contribution in [1.29, 1.82) is 0 Å². The maximum absolute atomic E-state index is 12.2. The zero-order valence-electron chi connectivity index (χ0n) is 13.3. The van der Waals surface area contributed by atoms with Crippen LogP contribution in [0.1, 0.15) is 15.9 Å². The molecule has 3 rings (SSSR count). The Bertz CT molecular complexity index is 895. The molecule has 0 unspecified atom stereocenters. The molecule has 6 nitrogen and oxygen atoms in total. The van der Waals surface area contributed by atoms with Gasteiger partial charge in [0.25, 0.3) is 5.91 Å². The molecule has 0 atom stereocenters. The van der Waals surface area contributed by atoms with E-state index in [4.69, 9.17) is 12.2 Å². The van der Waals surface area contributed by atoms with Crippen LogP contribution in [0.15, 0.2) is 54.6 Å². The van der Waals surface area contributed by atoms with E-state index >= 15 is 0 Å². The van der Waals surface area contributed by atoms with Crippen LogP contribution in [0.4, 0.5) is 16.0 Å². The lowest BCUT2D eigenvalue weighted by Gasteiger charge is -2.07. The number of carbonyl (C=O) groups is 1. The first-order valence-corrected chi connectivity index (χ1v) is 8.67. The van der Waals surface area contributed by atoms with E-state index in [0.717, 1.165) is 11.3 Å². The minimum absolute atomic E-state index is 0.226. The molecule has 126 valence electrons. The van der Waals surface area contributed by atoms with Gasteiger partial charge in [-0.25, -0.2) is 0 Å². The first-order valence-electron chi connectivity index (χ1n) is 7.45. The predicted molar refractivity (Wildman–Crippen MR) is 105 cm³/mol. The molecule has 1 aromatic heterocycles. The zero-order valence-corrected chi connectivity index (χ0v) is 14.9. The molecule has 8 heteroatoms. The van der Waals surface area contributed by atoms with Gasteiger partial charge in [-0.1, -0.05) is 47.2 Å². The van der Waals surface area contributed by atoms with Crippen LogP contribution in [-0.4, -0.2) is 21.2 Å². The van der Waals surface area contributed by atoms with E-state index in [1.54, 1.807) is 6.07 Å². The predicted octanol–water partition coefficient (Wildman–Crippen LogP) is 3.91. The van der Waals surface area contributed by atoms with Gasteiger partial charge in [-0.3, -0.25) is 10.1 Å². The average molecular weight is 369 g/mol. The number of benzene rings is 2. The van der Waals surface area contributed by atoms with Gasteiger partial charge < -0.3 is 10.6 Å². The first-order chi connectivity index (χ1) is 12.1. The lowest BCUT2D eigenvalue weighted by molar-refractivity contribution is 0.102. The highest BCUT2D eigenvalue weighted by Gasteiger charge is 2.11. The third-order valence-electron chi connectivity index (χ3n) is 3.18. The van der Waals surface area contributed by atoms with Crippen LogP contribution in [0, 0.1) is 6.92 Å². The summed E-state index contributed by atoms with van der Waals surface area (Å²) in [6, 6.07) is 16.9. The highest BCUT2D eigenvalue weighted by Crippen LogP contribution is 2.21. The number of hydrogen-bond donors (Lipinski definition) is 3. The molecule has 3 N–H and O–H groups in total. The fourth-order valence-corrected chi connectivity index (χ4v) is 2.98. The molecule has 0 radical (unpaired) electrons. The number of nitrogens with zero attached hydrogens (tertiary/aromatic N) is 2. The zero-order chi connectivity index (χ0) is 17.6. The number of anilines is 3. The summed E-state index contributed by atoms with van der Waals surface area (Å²) in [5, 5.41) is 17.9. The van der Waals surface area contributed by atoms with Crippen molar-refractivity contribution in [2.75, 3.05) is 16.0 Å². The molecule has 0 spiro atoms. The van der Waals surface area contributed by atoms with Crippen LogP contribution >= 0.6 is 23.6 Å². The Morgan fingerprint density at radius 3 is 2.40 bits per heavy atom. The molecule has 0 bridgehead atoms. The highest BCUT2D eigenvalue weighted by molar-refractivity contribution is 7.80. The summed E-state index contributed by atoms with van der Waals surface area (Å²) in [5.74, 6) is -0.226. The van der Waals surface area contributed by atoms with E-state index in [9.17, 15) is 4.79 Å². The Kier molecular flexibility index (Phi) is 5.32. The van der Waals surface area contributed by atoms with Crippen molar-refractivity contribution >= 4 is 50.5 Å². The van der Waals surface area contributed by atoms with Crippen molar-refractivity contribution in [2.45, 2.75) is 6.92 Å². The van der Waals surface area contributed by atoms with Crippen molar-refractivity contribution in [1.82, 2.24) is 10.2 Å². The third-order valence-corrected chi connectivity index (χ3v) is 4.14. The quantitative estimate of drug-likeness (QED) is 0.605. The number of nitrogens with one attached hydrogen (secondary N) is 3. The van der Waals surface area contributed by atoms with Gasteiger partial charge in [-0.05, 0) is 43.4 Å². The molecular formula is C17H15N5OS2.